The van der Waals surface area contributed by atoms with Crippen LogP contribution < -0.4 is 0 Å². The van der Waals surface area contributed by atoms with E-state index in [9.17, 15) is 0 Å². The first kappa shape index (κ1) is 11.2. The minimum absolute atomic E-state index is 0. The topological polar surface area (TPSA) is 28.7 Å². The van der Waals surface area contributed by atoms with Crippen LogP contribution in [0.3, 0.4) is 0 Å². The van der Waals surface area contributed by atoms with E-state index in [1.165, 1.54) is 0 Å². The molecule has 1 rings (SSSR count). The molecule has 1 aromatic heterocycles. The fourth-order valence-corrected chi connectivity index (χ4v) is 1.53. The fraction of sp³-hybridized carbons (Fsp3) is 0.571. The van der Waals surface area contributed by atoms with Crippen molar-refractivity contribution >= 4 is 11.8 Å². The molecule has 0 fully saturated rings. The van der Waals surface area contributed by atoms with Crippen molar-refractivity contribution in [3.05, 3.63) is 18.2 Å². The number of H-pyrrole nitrogens is 1. The molecule has 1 unspecified atom stereocenters. The van der Waals surface area contributed by atoms with Gasteiger partial charge >= 0.3 is 0 Å². The maximum absolute atomic E-state index is 4.17. The molecular weight excluding hydrogens is 339 g/mol. The smallest absolute Gasteiger partial charge is 0.109 e. The maximum atomic E-state index is 4.17. The Morgan fingerprint density at radius 3 is 2.91 bits per heavy atom. The summed E-state index contributed by atoms with van der Waals surface area (Å²) in [5.41, 5.74) is 0. The largest absolute Gasteiger partial charge is 0.348 e. The van der Waals surface area contributed by atoms with E-state index < -0.39 is 0 Å². The summed E-state index contributed by atoms with van der Waals surface area (Å²) in [4.78, 5) is 7.26. The van der Waals surface area contributed by atoms with Gasteiger partial charge in [0.25, 0.3) is 0 Å². The van der Waals surface area contributed by atoms with Gasteiger partial charge in [0.05, 0.1) is 0 Å². The monoisotopic (exact) mass is 351 g/mol. The van der Waals surface area contributed by atoms with Crippen molar-refractivity contribution in [2.45, 2.75) is 12.8 Å². The average Bonchev–Trinajstić information content (AvgIpc) is 2.38. The molecular formula is C7H12N2PtS. The van der Waals surface area contributed by atoms with Crippen molar-refractivity contribution in [1.82, 2.24) is 9.97 Å². The molecule has 0 radical (unpaired) electrons. The van der Waals surface area contributed by atoms with Gasteiger partial charge in [0.1, 0.15) is 5.82 Å². The summed E-state index contributed by atoms with van der Waals surface area (Å²) in [5, 5.41) is 0. The molecule has 0 amide bonds. The average molecular weight is 351 g/mol. The van der Waals surface area contributed by atoms with Crippen LogP contribution in [0.15, 0.2) is 12.4 Å². The standard InChI is InChI=1S/C7H12N2S.Pt/c1-6(5-10-2)7-8-3-4-9-7;/h3-4,6H,5H2,1-2H3,(H,8,9);. The van der Waals surface area contributed by atoms with Crippen LogP contribution in [0.1, 0.15) is 18.7 Å². The van der Waals surface area contributed by atoms with Gasteiger partial charge < -0.3 is 4.98 Å². The van der Waals surface area contributed by atoms with Gasteiger partial charge in [0.2, 0.25) is 0 Å². The molecule has 1 N–H and O–H groups in total. The molecule has 0 saturated carbocycles. The number of aromatic nitrogens is 2. The van der Waals surface area contributed by atoms with Gasteiger partial charge in [-0.25, -0.2) is 4.98 Å². The SMILES string of the molecule is CSCC(C)c1ncc[nH]1.[Pt]. The third-order valence-corrected chi connectivity index (χ3v) is 2.24. The number of rotatable bonds is 3. The van der Waals surface area contributed by atoms with Crippen LogP contribution in [0.25, 0.3) is 0 Å². The third kappa shape index (κ3) is 3.43. The molecule has 4 heteroatoms. The number of hydrogen-bond donors (Lipinski definition) is 1. The van der Waals surface area contributed by atoms with E-state index in [2.05, 4.69) is 23.1 Å². The van der Waals surface area contributed by atoms with Crippen LogP contribution in [0, 0.1) is 0 Å². The normalized spacial score (nSPS) is 12.2. The Hall–Kier alpha value is 0.248. The third-order valence-electron chi connectivity index (χ3n) is 1.40. The second kappa shape index (κ2) is 5.84. The first-order valence-electron chi connectivity index (χ1n) is 3.33. The first-order valence-corrected chi connectivity index (χ1v) is 4.72. The van der Waals surface area contributed by atoms with Gasteiger partial charge in [-0.3, -0.25) is 0 Å². The maximum Gasteiger partial charge on any atom is 0.109 e. The second-order valence-corrected chi connectivity index (χ2v) is 3.24. The van der Waals surface area contributed by atoms with Crippen LogP contribution in [-0.4, -0.2) is 22.0 Å². The Morgan fingerprint density at radius 2 is 2.45 bits per heavy atom. The molecule has 0 aliphatic rings. The Morgan fingerprint density at radius 1 is 1.73 bits per heavy atom. The van der Waals surface area contributed by atoms with Crippen molar-refractivity contribution in [1.29, 1.82) is 0 Å². The molecule has 0 aliphatic heterocycles. The zero-order chi connectivity index (χ0) is 7.40. The van der Waals surface area contributed by atoms with E-state index in [4.69, 9.17) is 0 Å². The first-order chi connectivity index (χ1) is 4.84. The Balaban J connectivity index is 0.000001000. The number of nitrogens with zero attached hydrogens (tertiary/aromatic N) is 1. The molecule has 0 saturated heterocycles. The van der Waals surface area contributed by atoms with Gasteiger partial charge in [0.15, 0.2) is 0 Å². The Kier molecular flexibility index (Phi) is 5.97. The van der Waals surface area contributed by atoms with Gasteiger partial charge in [-0.2, -0.15) is 11.8 Å². The van der Waals surface area contributed by atoms with E-state index in [-0.39, 0.29) is 21.1 Å². The quantitative estimate of drug-likeness (QED) is 0.901. The van der Waals surface area contributed by atoms with Crippen LogP contribution in [0.2, 0.25) is 0 Å². The van der Waals surface area contributed by atoms with Gasteiger partial charge in [-0.15, -0.1) is 0 Å². The van der Waals surface area contributed by atoms with Gasteiger partial charge in [-0.05, 0) is 6.26 Å². The number of hydrogen-bond acceptors (Lipinski definition) is 2. The molecule has 1 aromatic rings. The van der Waals surface area contributed by atoms with Crippen LogP contribution >= 0.6 is 11.8 Å². The molecule has 0 aromatic carbocycles. The molecule has 11 heavy (non-hydrogen) atoms. The van der Waals surface area contributed by atoms with Crippen molar-refractivity contribution in [3.63, 3.8) is 0 Å². The molecule has 0 spiro atoms. The minimum atomic E-state index is 0. The molecule has 66 valence electrons. The summed E-state index contributed by atoms with van der Waals surface area (Å²) in [6, 6.07) is 0. The van der Waals surface area contributed by atoms with Gasteiger partial charge in [0, 0.05) is 45.1 Å². The zero-order valence-corrected chi connectivity index (χ0v) is 9.70. The molecule has 0 aliphatic carbocycles. The molecule has 1 heterocycles. The van der Waals surface area contributed by atoms with E-state index in [1.807, 2.05) is 18.0 Å². The van der Waals surface area contributed by atoms with Crippen molar-refractivity contribution in [2.75, 3.05) is 12.0 Å². The van der Waals surface area contributed by atoms with E-state index in [1.54, 1.807) is 6.20 Å². The summed E-state index contributed by atoms with van der Waals surface area (Å²) in [5.74, 6) is 2.77. The predicted molar refractivity (Wildman–Crippen MR) is 45.4 cm³/mol. The fourth-order valence-electron chi connectivity index (χ4n) is 0.876. The number of nitrogens with one attached hydrogen (secondary N) is 1. The van der Waals surface area contributed by atoms with Gasteiger partial charge in [-0.1, -0.05) is 6.92 Å². The molecule has 1 atom stereocenters. The summed E-state index contributed by atoms with van der Waals surface area (Å²) in [6.45, 7) is 2.18. The Labute approximate surface area is 85.8 Å². The summed E-state index contributed by atoms with van der Waals surface area (Å²) in [6.07, 6.45) is 5.78. The molecule has 0 bridgehead atoms. The van der Waals surface area contributed by atoms with E-state index >= 15 is 0 Å². The minimum Gasteiger partial charge on any atom is -0.348 e. The zero-order valence-electron chi connectivity index (χ0n) is 6.61. The van der Waals surface area contributed by atoms with Crippen LogP contribution in [-0.2, 0) is 21.1 Å². The Bertz CT molecular complexity index is 177. The molecule has 2 nitrogen and oxygen atoms in total. The summed E-state index contributed by atoms with van der Waals surface area (Å²) < 4.78 is 0. The summed E-state index contributed by atoms with van der Waals surface area (Å²) in [7, 11) is 0. The van der Waals surface area contributed by atoms with Crippen LogP contribution in [0.4, 0.5) is 0 Å². The van der Waals surface area contributed by atoms with E-state index in [0.717, 1.165) is 11.6 Å². The van der Waals surface area contributed by atoms with Crippen molar-refractivity contribution in [3.8, 4) is 0 Å². The number of aromatic amines is 1. The second-order valence-electron chi connectivity index (χ2n) is 2.33. The van der Waals surface area contributed by atoms with E-state index in [0.29, 0.717) is 5.92 Å². The summed E-state index contributed by atoms with van der Waals surface area (Å²) >= 11 is 1.85. The van der Waals surface area contributed by atoms with Crippen molar-refractivity contribution < 1.29 is 21.1 Å². The predicted octanol–water partition coefficient (Wildman–Crippen LogP) is 1.87. The van der Waals surface area contributed by atoms with Crippen LogP contribution in [0.5, 0.6) is 0 Å². The number of thioether (sulfide) groups is 1. The number of imidazole rings is 1. The van der Waals surface area contributed by atoms with Crippen molar-refractivity contribution in [2.24, 2.45) is 0 Å².